The number of rotatable bonds is 0. The largest absolute Gasteiger partial charge is 0.350 e. The van der Waals surface area contributed by atoms with E-state index in [2.05, 4.69) is 51.3 Å². The van der Waals surface area contributed by atoms with Crippen molar-refractivity contribution in [3.8, 4) is 0 Å². The van der Waals surface area contributed by atoms with Crippen LogP contribution in [-0.4, -0.2) is 16.3 Å². The maximum absolute atomic E-state index is 4.09. The minimum absolute atomic E-state index is 1.05. The third-order valence-corrected chi connectivity index (χ3v) is 3.41. The van der Waals surface area contributed by atoms with Gasteiger partial charge >= 0.3 is 0 Å². The Kier molecular flexibility index (Phi) is 2.04. The lowest BCUT2D eigenvalue weighted by molar-refractivity contribution is 0.647. The zero-order chi connectivity index (χ0) is 10.5. The van der Waals surface area contributed by atoms with Gasteiger partial charge in [-0.15, -0.1) is 0 Å². The van der Waals surface area contributed by atoms with Crippen LogP contribution in [0.2, 0.25) is 0 Å². The van der Waals surface area contributed by atoms with E-state index in [4.69, 9.17) is 0 Å². The van der Waals surface area contributed by atoms with Crippen molar-refractivity contribution in [1.82, 2.24) is 9.24 Å². The number of hydrogen-bond donors (Lipinski definition) is 0. The zero-order valence-corrected chi connectivity index (χ0v) is 9.99. The Bertz CT molecular complexity index is 440. The van der Waals surface area contributed by atoms with Crippen LogP contribution in [0.4, 0.5) is 0 Å². The van der Waals surface area contributed by atoms with Gasteiger partial charge in [-0.2, -0.15) is 0 Å². The molecule has 0 saturated carbocycles. The van der Waals surface area contributed by atoms with Crippen molar-refractivity contribution in [2.24, 2.45) is 0 Å². The van der Waals surface area contributed by atoms with Crippen LogP contribution in [0.1, 0.15) is 23.9 Å². The monoisotopic (exact) mass is 206 g/mol. The van der Waals surface area contributed by atoms with Gasteiger partial charge in [0.2, 0.25) is 0 Å². The molecule has 2 nitrogen and oxygen atoms in total. The minimum Gasteiger partial charge on any atom is -0.350 e. The van der Waals surface area contributed by atoms with Crippen LogP contribution < -0.4 is 0 Å². The molecule has 0 N–H and O–H groups in total. The van der Waals surface area contributed by atoms with Crippen LogP contribution in [0.3, 0.4) is 0 Å². The molecule has 0 bridgehead atoms. The van der Waals surface area contributed by atoms with Crippen LogP contribution in [-0.2, 0) is 0 Å². The van der Waals surface area contributed by atoms with E-state index in [0.717, 1.165) is 5.70 Å². The van der Waals surface area contributed by atoms with Gasteiger partial charge in [-0.3, -0.25) is 0 Å². The molecular formula is C11H15N2P. The Morgan fingerprint density at radius 3 is 2.64 bits per heavy atom. The first-order valence-electron chi connectivity index (χ1n) is 4.60. The van der Waals surface area contributed by atoms with E-state index in [0.29, 0.717) is 0 Å². The van der Waals surface area contributed by atoms with Crippen molar-refractivity contribution in [3.05, 3.63) is 35.8 Å². The van der Waals surface area contributed by atoms with E-state index in [9.17, 15) is 0 Å². The molecule has 0 amide bonds. The number of nitrogens with zero attached hydrogens (tertiary/aromatic N) is 2. The first-order valence-corrected chi connectivity index (χ1v) is 5.12. The summed E-state index contributed by atoms with van der Waals surface area (Å²) in [7, 11) is 4.76. The summed E-state index contributed by atoms with van der Waals surface area (Å²) in [6.45, 7) is 8.33. The topological polar surface area (TPSA) is 8.17 Å². The summed E-state index contributed by atoms with van der Waals surface area (Å²) in [6, 6.07) is 2.20. The molecule has 0 fully saturated rings. The molecule has 74 valence electrons. The quantitative estimate of drug-likeness (QED) is 0.592. The number of fused-ring (bicyclic) bond motifs is 1. The second-order valence-corrected chi connectivity index (χ2v) is 4.30. The normalized spacial score (nSPS) is 15.6. The van der Waals surface area contributed by atoms with E-state index in [1.54, 1.807) is 0 Å². The summed E-state index contributed by atoms with van der Waals surface area (Å²) in [6.07, 6.45) is 2.12. The number of allylic oxidation sites excluding steroid dienone is 1. The SMILES string of the molecule is C=C1c2c(cc(C)n2P)C(C)=CN1C. The second kappa shape index (κ2) is 2.99. The molecule has 1 aliphatic heterocycles. The molecule has 0 radical (unpaired) electrons. The maximum atomic E-state index is 4.09. The van der Waals surface area contributed by atoms with E-state index in [-0.39, 0.29) is 0 Å². The fourth-order valence-corrected chi connectivity index (χ4v) is 2.22. The smallest absolute Gasteiger partial charge is 0.0749 e. The molecule has 0 aromatic carbocycles. The van der Waals surface area contributed by atoms with E-state index in [1.807, 2.05) is 7.05 Å². The molecule has 0 aliphatic carbocycles. The zero-order valence-electron chi connectivity index (χ0n) is 8.83. The fourth-order valence-electron chi connectivity index (χ4n) is 1.85. The van der Waals surface area contributed by atoms with Crippen LogP contribution in [0, 0.1) is 6.92 Å². The Hall–Kier alpha value is -1.01. The minimum atomic E-state index is 1.05. The first kappa shape index (κ1) is 9.54. The van der Waals surface area contributed by atoms with E-state index < -0.39 is 0 Å². The average molecular weight is 206 g/mol. The highest BCUT2D eigenvalue weighted by atomic mass is 31.0. The summed E-state index contributed by atoms with van der Waals surface area (Å²) in [5, 5.41) is 0. The molecule has 0 spiro atoms. The summed E-state index contributed by atoms with van der Waals surface area (Å²) < 4.78 is 2.12. The van der Waals surface area contributed by atoms with Crippen molar-refractivity contribution < 1.29 is 0 Å². The van der Waals surface area contributed by atoms with Gasteiger partial charge in [-0.1, -0.05) is 6.58 Å². The van der Waals surface area contributed by atoms with E-state index in [1.165, 1.54) is 22.5 Å². The lowest BCUT2D eigenvalue weighted by atomic mass is 10.0. The maximum Gasteiger partial charge on any atom is 0.0749 e. The van der Waals surface area contributed by atoms with Crippen LogP contribution in [0.25, 0.3) is 11.3 Å². The lowest BCUT2D eigenvalue weighted by Crippen LogP contribution is -2.15. The molecule has 1 atom stereocenters. The summed E-state index contributed by atoms with van der Waals surface area (Å²) in [4.78, 5) is 2.07. The third-order valence-electron chi connectivity index (χ3n) is 2.74. The van der Waals surface area contributed by atoms with Gasteiger partial charge in [0.25, 0.3) is 0 Å². The summed E-state index contributed by atoms with van der Waals surface area (Å²) in [5.41, 5.74) is 6.08. The summed E-state index contributed by atoms with van der Waals surface area (Å²) in [5.74, 6) is 0. The van der Waals surface area contributed by atoms with Gasteiger partial charge < -0.3 is 9.24 Å². The fraction of sp³-hybridized carbons (Fsp3) is 0.273. The van der Waals surface area contributed by atoms with Gasteiger partial charge in [-0.05, 0) is 34.9 Å². The molecule has 3 heteroatoms. The third kappa shape index (κ3) is 1.14. The van der Waals surface area contributed by atoms with Crippen LogP contribution >= 0.6 is 9.39 Å². The molecule has 2 rings (SSSR count). The molecule has 14 heavy (non-hydrogen) atoms. The molecule has 1 aliphatic rings. The highest BCUT2D eigenvalue weighted by molar-refractivity contribution is 7.14. The summed E-state index contributed by atoms with van der Waals surface area (Å²) >= 11 is 0. The van der Waals surface area contributed by atoms with Crippen molar-refractivity contribution >= 4 is 20.7 Å². The predicted octanol–water partition coefficient (Wildman–Crippen LogP) is 2.71. The highest BCUT2D eigenvalue weighted by Crippen LogP contribution is 2.35. The number of hydrogen-bond acceptors (Lipinski definition) is 1. The lowest BCUT2D eigenvalue weighted by Gasteiger charge is -2.25. The van der Waals surface area contributed by atoms with Crippen molar-refractivity contribution in [2.75, 3.05) is 7.05 Å². The van der Waals surface area contributed by atoms with Crippen LogP contribution in [0.15, 0.2) is 18.8 Å². The van der Waals surface area contributed by atoms with Gasteiger partial charge in [0, 0.05) is 24.5 Å². The molecule has 1 aromatic heterocycles. The molecular weight excluding hydrogens is 191 g/mol. The van der Waals surface area contributed by atoms with Crippen molar-refractivity contribution in [2.45, 2.75) is 13.8 Å². The van der Waals surface area contributed by atoms with Crippen molar-refractivity contribution in [3.63, 3.8) is 0 Å². The predicted molar refractivity (Wildman–Crippen MR) is 64.7 cm³/mol. The Balaban J connectivity index is 2.72. The number of aryl methyl sites for hydroxylation is 1. The standard InChI is InChI=1S/C11H15N2P/c1-7-6-12(4)9(3)11-10(7)5-8(2)13(11)14/h5-6H,3,14H2,1-2,4H3. The first-order chi connectivity index (χ1) is 6.52. The van der Waals surface area contributed by atoms with Crippen molar-refractivity contribution in [1.29, 1.82) is 0 Å². The Morgan fingerprint density at radius 1 is 1.36 bits per heavy atom. The number of aromatic nitrogens is 1. The highest BCUT2D eigenvalue weighted by Gasteiger charge is 2.20. The molecule has 1 unspecified atom stereocenters. The average Bonchev–Trinajstić information content (AvgIpc) is 2.41. The molecule has 2 heterocycles. The second-order valence-electron chi connectivity index (χ2n) is 3.79. The van der Waals surface area contributed by atoms with Crippen LogP contribution in [0.5, 0.6) is 0 Å². The van der Waals surface area contributed by atoms with Gasteiger partial charge in [0.15, 0.2) is 0 Å². The van der Waals surface area contributed by atoms with E-state index >= 15 is 0 Å². The van der Waals surface area contributed by atoms with Gasteiger partial charge in [0.1, 0.15) is 0 Å². The van der Waals surface area contributed by atoms with Gasteiger partial charge in [0.05, 0.1) is 11.4 Å². The van der Waals surface area contributed by atoms with Gasteiger partial charge in [-0.25, -0.2) is 0 Å². The Morgan fingerprint density at radius 2 is 2.00 bits per heavy atom. The molecule has 1 aromatic rings. The molecule has 0 saturated heterocycles. The Labute approximate surface area is 87.2 Å².